The van der Waals surface area contributed by atoms with Gasteiger partial charge in [-0.1, -0.05) is 0 Å². The third-order valence-corrected chi connectivity index (χ3v) is 5.54. The zero-order valence-corrected chi connectivity index (χ0v) is 15.3. The molecule has 1 amide bonds. The molecular weight excluding hydrogens is 342 g/mol. The average molecular weight is 363 g/mol. The van der Waals surface area contributed by atoms with Gasteiger partial charge in [0, 0.05) is 43.2 Å². The molecule has 0 aliphatic carbocycles. The first-order valence-electron chi connectivity index (χ1n) is 8.00. The number of rotatable bonds is 5. The van der Waals surface area contributed by atoms with Crippen LogP contribution in [0.3, 0.4) is 0 Å². The summed E-state index contributed by atoms with van der Waals surface area (Å²) in [5.41, 5.74) is 1.31. The summed E-state index contributed by atoms with van der Waals surface area (Å²) in [5.74, 6) is -1.06. The second kappa shape index (κ2) is 6.61. The van der Waals surface area contributed by atoms with Crippen molar-refractivity contribution in [3.05, 3.63) is 34.6 Å². The first kappa shape index (κ1) is 17.6. The third kappa shape index (κ3) is 2.96. The van der Waals surface area contributed by atoms with E-state index in [2.05, 4.69) is 4.98 Å². The molecule has 8 heteroatoms. The first-order chi connectivity index (χ1) is 11.9. The minimum Gasteiger partial charge on any atom is -0.481 e. The maximum absolute atomic E-state index is 13.0. The number of methoxy groups -OCH3 is 1. The SMILES string of the molecule is COCC1(C(=O)O)CCN(C(=O)c2cc(C)n(-c3nccs3)c2C)C1. The molecule has 1 aliphatic heterocycles. The van der Waals surface area contributed by atoms with E-state index in [1.807, 2.05) is 29.9 Å². The van der Waals surface area contributed by atoms with Gasteiger partial charge >= 0.3 is 5.97 Å². The van der Waals surface area contributed by atoms with E-state index in [-0.39, 0.29) is 19.1 Å². The molecule has 7 nitrogen and oxygen atoms in total. The normalized spacial score (nSPS) is 20.2. The number of amides is 1. The average Bonchev–Trinajstić information content (AvgIpc) is 3.27. The molecule has 2 aromatic heterocycles. The summed E-state index contributed by atoms with van der Waals surface area (Å²) in [4.78, 5) is 30.6. The van der Waals surface area contributed by atoms with Crippen molar-refractivity contribution in [2.24, 2.45) is 5.41 Å². The van der Waals surface area contributed by atoms with Crippen LogP contribution in [0.5, 0.6) is 0 Å². The minimum absolute atomic E-state index is 0.101. The van der Waals surface area contributed by atoms with Gasteiger partial charge in [0.25, 0.3) is 5.91 Å². The number of ether oxygens (including phenoxy) is 1. The Labute approximate surface area is 149 Å². The highest BCUT2D eigenvalue weighted by Gasteiger charge is 2.46. The van der Waals surface area contributed by atoms with E-state index in [0.29, 0.717) is 18.5 Å². The van der Waals surface area contributed by atoms with Crippen molar-refractivity contribution in [2.45, 2.75) is 20.3 Å². The Bertz CT molecular complexity index is 799. The van der Waals surface area contributed by atoms with Crippen LogP contribution in [0.4, 0.5) is 0 Å². The Kier molecular flexibility index (Phi) is 4.66. The van der Waals surface area contributed by atoms with Crippen molar-refractivity contribution in [3.8, 4) is 5.13 Å². The number of hydrogen-bond acceptors (Lipinski definition) is 5. The summed E-state index contributed by atoms with van der Waals surface area (Å²) in [6.45, 7) is 4.49. The fraction of sp³-hybridized carbons (Fsp3) is 0.471. The van der Waals surface area contributed by atoms with Gasteiger partial charge in [-0.2, -0.15) is 0 Å². The molecule has 134 valence electrons. The summed E-state index contributed by atoms with van der Waals surface area (Å²) in [6.07, 6.45) is 2.12. The summed E-state index contributed by atoms with van der Waals surface area (Å²) in [7, 11) is 1.48. The van der Waals surface area contributed by atoms with Gasteiger partial charge in [-0.05, 0) is 26.3 Å². The lowest BCUT2D eigenvalue weighted by Gasteiger charge is -2.23. The lowest BCUT2D eigenvalue weighted by atomic mass is 9.88. The van der Waals surface area contributed by atoms with Crippen molar-refractivity contribution in [3.63, 3.8) is 0 Å². The zero-order chi connectivity index (χ0) is 18.2. The lowest BCUT2D eigenvalue weighted by molar-refractivity contribution is -0.151. The van der Waals surface area contributed by atoms with Crippen LogP contribution in [0.1, 0.15) is 28.2 Å². The van der Waals surface area contributed by atoms with Gasteiger partial charge in [-0.25, -0.2) is 4.98 Å². The smallest absolute Gasteiger partial charge is 0.313 e. The second-order valence-electron chi connectivity index (χ2n) is 6.43. The van der Waals surface area contributed by atoms with Crippen molar-refractivity contribution < 1.29 is 19.4 Å². The van der Waals surface area contributed by atoms with E-state index in [1.54, 1.807) is 11.1 Å². The van der Waals surface area contributed by atoms with E-state index in [9.17, 15) is 14.7 Å². The number of aryl methyl sites for hydroxylation is 1. The van der Waals surface area contributed by atoms with Crippen molar-refractivity contribution in [1.29, 1.82) is 0 Å². The molecule has 1 fully saturated rings. The van der Waals surface area contributed by atoms with Gasteiger partial charge in [-0.15, -0.1) is 11.3 Å². The maximum atomic E-state index is 13.0. The number of carbonyl (C=O) groups is 2. The molecule has 1 aliphatic rings. The Hall–Kier alpha value is -2.19. The monoisotopic (exact) mass is 363 g/mol. The van der Waals surface area contributed by atoms with E-state index < -0.39 is 11.4 Å². The van der Waals surface area contributed by atoms with Crippen LogP contribution in [-0.2, 0) is 9.53 Å². The molecule has 2 aromatic rings. The predicted octanol–water partition coefficient (Wildman–Crippen LogP) is 2.11. The molecular formula is C17H21N3O4S. The number of carboxylic acids is 1. The molecule has 1 unspecified atom stereocenters. The molecule has 25 heavy (non-hydrogen) atoms. The summed E-state index contributed by atoms with van der Waals surface area (Å²) >= 11 is 1.50. The molecule has 0 radical (unpaired) electrons. The van der Waals surface area contributed by atoms with Crippen LogP contribution >= 0.6 is 11.3 Å². The van der Waals surface area contributed by atoms with E-state index in [1.165, 1.54) is 18.4 Å². The number of nitrogens with zero attached hydrogens (tertiary/aromatic N) is 3. The number of carbonyl (C=O) groups excluding carboxylic acids is 1. The first-order valence-corrected chi connectivity index (χ1v) is 8.88. The molecule has 1 N–H and O–H groups in total. The van der Waals surface area contributed by atoms with Gasteiger partial charge in [0.1, 0.15) is 5.41 Å². The van der Waals surface area contributed by atoms with Crippen LogP contribution in [0, 0.1) is 19.3 Å². The number of hydrogen-bond donors (Lipinski definition) is 1. The van der Waals surface area contributed by atoms with Crippen LogP contribution in [0.2, 0.25) is 0 Å². The summed E-state index contributed by atoms with van der Waals surface area (Å²) in [5, 5.41) is 12.3. The number of carboxylic acid groups (broad SMARTS) is 1. The fourth-order valence-electron chi connectivity index (χ4n) is 3.45. The second-order valence-corrected chi connectivity index (χ2v) is 7.30. The zero-order valence-electron chi connectivity index (χ0n) is 14.5. The number of aliphatic carboxylic acids is 1. The van der Waals surface area contributed by atoms with Gasteiger partial charge in [-0.3, -0.25) is 14.2 Å². The van der Waals surface area contributed by atoms with E-state index in [4.69, 9.17) is 4.74 Å². The number of thiazole rings is 1. The van der Waals surface area contributed by atoms with Crippen LogP contribution in [0.25, 0.3) is 5.13 Å². The standard InChI is InChI=1S/C17H21N3O4S/c1-11-8-13(12(2)20(11)16-18-5-7-25-16)14(21)19-6-4-17(9-19,10-24-3)15(22)23/h5,7-8H,4,6,9-10H2,1-3H3,(H,22,23). The Morgan fingerprint density at radius 1 is 1.44 bits per heavy atom. The molecule has 1 saturated heterocycles. The van der Waals surface area contributed by atoms with Crippen molar-refractivity contribution in [1.82, 2.24) is 14.5 Å². The highest BCUT2D eigenvalue weighted by Crippen LogP contribution is 2.33. The molecule has 0 spiro atoms. The van der Waals surface area contributed by atoms with Gasteiger partial charge in [0.2, 0.25) is 0 Å². The number of likely N-dealkylation sites (tertiary alicyclic amines) is 1. The molecule has 3 rings (SSSR count). The lowest BCUT2D eigenvalue weighted by Crippen LogP contribution is -2.40. The van der Waals surface area contributed by atoms with E-state index in [0.717, 1.165) is 16.5 Å². The Morgan fingerprint density at radius 3 is 2.80 bits per heavy atom. The molecule has 1 atom stereocenters. The van der Waals surface area contributed by atoms with Gasteiger partial charge in [0.05, 0.1) is 12.2 Å². The number of aromatic nitrogens is 2. The topological polar surface area (TPSA) is 84.7 Å². The van der Waals surface area contributed by atoms with Crippen molar-refractivity contribution >= 4 is 23.2 Å². The molecule has 0 saturated carbocycles. The van der Waals surface area contributed by atoms with Crippen molar-refractivity contribution in [2.75, 3.05) is 26.8 Å². The quantitative estimate of drug-likeness (QED) is 0.879. The third-order valence-electron chi connectivity index (χ3n) is 4.79. The Balaban J connectivity index is 1.88. The fourth-order valence-corrected chi connectivity index (χ4v) is 4.20. The summed E-state index contributed by atoms with van der Waals surface area (Å²) < 4.78 is 7.04. The van der Waals surface area contributed by atoms with Gasteiger partial charge < -0.3 is 14.7 Å². The molecule has 3 heterocycles. The largest absolute Gasteiger partial charge is 0.481 e. The molecule has 0 aromatic carbocycles. The minimum atomic E-state index is -1.02. The van der Waals surface area contributed by atoms with Crippen LogP contribution in [-0.4, -0.2) is 58.2 Å². The maximum Gasteiger partial charge on any atom is 0.313 e. The molecule has 0 bridgehead atoms. The van der Waals surface area contributed by atoms with Gasteiger partial charge in [0.15, 0.2) is 5.13 Å². The van der Waals surface area contributed by atoms with Crippen LogP contribution in [0.15, 0.2) is 17.6 Å². The summed E-state index contributed by atoms with van der Waals surface area (Å²) in [6, 6.07) is 1.84. The van der Waals surface area contributed by atoms with Crippen LogP contribution < -0.4 is 0 Å². The highest BCUT2D eigenvalue weighted by atomic mass is 32.1. The highest BCUT2D eigenvalue weighted by molar-refractivity contribution is 7.12. The van der Waals surface area contributed by atoms with E-state index >= 15 is 0 Å². The predicted molar refractivity (Wildman–Crippen MR) is 93.4 cm³/mol. The Morgan fingerprint density at radius 2 is 2.20 bits per heavy atom.